The average Bonchev–Trinajstić information content (AvgIpc) is 3.57. The molecular weight excluding hydrogens is 550 g/mol. The molecule has 0 atom stereocenters. The monoisotopic (exact) mass is 571 g/mol. The number of imidazole rings is 1. The Morgan fingerprint density at radius 1 is 0.925 bits per heavy atom. The summed E-state index contributed by atoms with van der Waals surface area (Å²) in [5, 5.41) is 14.1. The molecule has 3 N–H and O–H groups in total. The van der Waals surface area contributed by atoms with Crippen molar-refractivity contribution < 1.29 is 32.3 Å². The van der Waals surface area contributed by atoms with E-state index >= 15 is 0 Å². The Morgan fingerprint density at radius 3 is 2.25 bits per heavy atom. The highest BCUT2D eigenvalue weighted by Gasteiger charge is 2.38. The van der Waals surface area contributed by atoms with Gasteiger partial charge in [-0.2, -0.15) is 13.2 Å². The molecule has 1 amide bonds. The standard InChI is InChI=1S/C25H20FN5OS.C2HF3O2/c26-19-11-9-18(10-12-19)14-27-24(32)22-20-8-4-5-13-31(20)23(30-22)21-16-29-25(33-21)28-15-17-6-2-1-3-7-17;3-2(4,5)1(6)7/h1-13,16H,14-15H2,(H,27,32)(H,28,29);(H,6,7). The lowest BCUT2D eigenvalue weighted by Crippen LogP contribution is -2.23. The van der Waals surface area contributed by atoms with Crippen LogP contribution in [0.5, 0.6) is 0 Å². The number of carbonyl (C=O) groups is 2. The number of nitrogens with one attached hydrogen (secondary N) is 2. The highest BCUT2D eigenvalue weighted by Crippen LogP contribution is 2.30. The van der Waals surface area contributed by atoms with E-state index in [2.05, 4.69) is 32.7 Å². The summed E-state index contributed by atoms with van der Waals surface area (Å²) in [4.78, 5) is 31.8. The Labute approximate surface area is 229 Å². The molecule has 0 fully saturated rings. The molecule has 5 aromatic rings. The van der Waals surface area contributed by atoms with Crippen LogP contribution in [-0.4, -0.2) is 37.5 Å². The average molecular weight is 572 g/mol. The molecule has 0 saturated carbocycles. The van der Waals surface area contributed by atoms with E-state index in [1.165, 1.54) is 29.0 Å². The second-order valence-electron chi connectivity index (χ2n) is 8.22. The van der Waals surface area contributed by atoms with E-state index in [1.54, 1.807) is 18.3 Å². The number of pyridine rings is 1. The quantitative estimate of drug-likeness (QED) is 0.214. The van der Waals surface area contributed by atoms with Crippen molar-refractivity contribution in [3.63, 3.8) is 0 Å². The van der Waals surface area contributed by atoms with Crippen molar-refractivity contribution in [1.29, 1.82) is 0 Å². The molecule has 8 nitrogen and oxygen atoms in total. The van der Waals surface area contributed by atoms with Crippen LogP contribution >= 0.6 is 11.3 Å². The Bertz CT molecular complexity index is 1600. The number of carbonyl (C=O) groups excluding carboxylic acids is 1. The van der Waals surface area contributed by atoms with Gasteiger partial charge < -0.3 is 15.7 Å². The molecule has 13 heteroatoms. The maximum atomic E-state index is 13.1. The van der Waals surface area contributed by atoms with Gasteiger partial charge in [-0.15, -0.1) is 0 Å². The minimum absolute atomic E-state index is 0.286. The first-order valence-corrected chi connectivity index (χ1v) is 12.5. The Hall–Kier alpha value is -4.78. The van der Waals surface area contributed by atoms with Crippen molar-refractivity contribution >= 4 is 33.9 Å². The van der Waals surface area contributed by atoms with Crippen LogP contribution in [0.15, 0.2) is 85.2 Å². The van der Waals surface area contributed by atoms with E-state index in [0.717, 1.165) is 15.6 Å². The van der Waals surface area contributed by atoms with Gasteiger partial charge in [0, 0.05) is 19.3 Å². The summed E-state index contributed by atoms with van der Waals surface area (Å²) in [5.74, 6) is -2.70. The van der Waals surface area contributed by atoms with Gasteiger partial charge in [0.1, 0.15) is 5.82 Å². The number of aromatic nitrogens is 3. The summed E-state index contributed by atoms with van der Waals surface area (Å²) in [7, 11) is 0. The molecule has 0 radical (unpaired) electrons. The van der Waals surface area contributed by atoms with Gasteiger partial charge in [-0.25, -0.2) is 19.2 Å². The number of halogens is 4. The predicted molar refractivity (Wildman–Crippen MR) is 141 cm³/mol. The maximum absolute atomic E-state index is 13.1. The number of rotatable bonds is 7. The number of thiazole rings is 1. The van der Waals surface area contributed by atoms with Crippen molar-refractivity contribution in [2.24, 2.45) is 0 Å². The van der Waals surface area contributed by atoms with Gasteiger partial charge in [0.2, 0.25) is 0 Å². The fourth-order valence-electron chi connectivity index (χ4n) is 3.48. The van der Waals surface area contributed by atoms with Crippen molar-refractivity contribution in [2.75, 3.05) is 5.32 Å². The van der Waals surface area contributed by atoms with Gasteiger partial charge in [-0.3, -0.25) is 9.20 Å². The van der Waals surface area contributed by atoms with Crippen molar-refractivity contribution in [3.05, 3.63) is 108 Å². The first-order chi connectivity index (χ1) is 19.1. The third-order valence-electron chi connectivity index (χ3n) is 5.38. The third kappa shape index (κ3) is 7.20. The molecule has 0 bridgehead atoms. The summed E-state index contributed by atoms with van der Waals surface area (Å²) in [6.45, 7) is 0.960. The van der Waals surface area contributed by atoms with Gasteiger partial charge in [0.15, 0.2) is 16.6 Å². The molecule has 0 saturated heterocycles. The van der Waals surface area contributed by atoms with Crippen LogP contribution in [0.25, 0.3) is 16.2 Å². The van der Waals surface area contributed by atoms with Crippen molar-refractivity contribution in [1.82, 2.24) is 19.7 Å². The molecular formula is C27H21F4N5O3S. The second kappa shape index (κ2) is 12.4. The van der Waals surface area contributed by atoms with E-state index in [4.69, 9.17) is 9.90 Å². The van der Waals surface area contributed by atoms with Gasteiger partial charge in [0.05, 0.1) is 16.6 Å². The lowest BCUT2D eigenvalue weighted by Gasteiger charge is -2.04. The molecule has 3 aromatic heterocycles. The molecule has 3 heterocycles. The molecule has 0 spiro atoms. The van der Waals surface area contributed by atoms with E-state index in [9.17, 15) is 22.4 Å². The van der Waals surface area contributed by atoms with E-state index in [0.29, 0.717) is 23.6 Å². The lowest BCUT2D eigenvalue weighted by molar-refractivity contribution is -0.192. The van der Waals surface area contributed by atoms with E-state index < -0.39 is 12.1 Å². The molecule has 206 valence electrons. The molecule has 0 unspecified atom stereocenters. The number of nitrogens with zero attached hydrogens (tertiary/aromatic N) is 3. The zero-order valence-electron chi connectivity index (χ0n) is 20.5. The van der Waals surface area contributed by atoms with Crippen molar-refractivity contribution in [3.8, 4) is 10.7 Å². The van der Waals surface area contributed by atoms with Crippen LogP contribution in [0.4, 0.5) is 22.7 Å². The Kier molecular flexibility index (Phi) is 8.74. The van der Waals surface area contributed by atoms with Crippen LogP contribution in [0.2, 0.25) is 0 Å². The zero-order valence-corrected chi connectivity index (χ0v) is 21.3. The number of carboxylic acid groups (broad SMARTS) is 1. The van der Waals surface area contributed by atoms with Gasteiger partial charge in [0.25, 0.3) is 5.91 Å². The van der Waals surface area contributed by atoms with Gasteiger partial charge in [-0.05, 0) is 35.4 Å². The minimum atomic E-state index is -5.08. The van der Waals surface area contributed by atoms with Crippen LogP contribution in [0, 0.1) is 5.82 Å². The number of hydrogen-bond acceptors (Lipinski definition) is 6. The molecule has 0 aliphatic heterocycles. The summed E-state index contributed by atoms with van der Waals surface area (Å²) in [6, 6.07) is 21.8. The summed E-state index contributed by atoms with van der Waals surface area (Å²) >= 11 is 1.48. The largest absolute Gasteiger partial charge is 0.490 e. The summed E-state index contributed by atoms with van der Waals surface area (Å²) in [5.41, 5.74) is 3.02. The molecule has 2 aromatic carbocycles. The molecule has 5 rings (SSSR count). The number of amides is 1. The van der Waals surface area contributed by atoms with Crippen LogP contribution in [0.1, 0.15) is 21.6 Å². The summed E-state index contributed by atoms with van der Waals surface area (Å²) in [6.07, 6.45) is -1.44. The van der Waals surface area contributed by atoms with Crippen LogP contribution < -0.4 is 10.6 Å². The fraction of sp³-hybridized carbons (Fsp3) is 0.111. The first kappa shape index (κ1) is 28.2. The SMILES string of the molecule is O=C(NCc1ccc(F)cc1)c1nc(-c2cnc(NCc3ccccc3)s2)n2ccccc12.O=C(O)C(F)(F)F. The normalized spacial score (nSPS) is 11.0. The first-order valence-electron chi connectivity index (χ1n) is 11.7. The van der Waals surface area contributed by atoms with Crippen LogP contribution in [0.3, 0.4) is 0 Å². The molecule has 0 aliphatic carbocycles. The number of anilines is 1. The van der Waals surface area contributed by atoms with Crippen LogP contribution in [-0.2, 0) is 17.9 Å². The Morgan fingerprint density at radius 2 is 1.57 bits per heavy atom. The smallest absolute Gasteiger partial charge is 0.475 e. The van der Waals surface area contributed by atoms with Crippen molar-refractivity contribution in [2.45, 2.75) is 19.3 Å². The number of aliphatic carboxylic acids is 1. The van der Waals surface area contributed by atoms with Gasteiger partial charge in [-0.1, -0.05) is 59.9 Å². The third-order valence-corrected chi connectivity index (χ3v) is 6.34. The minimum Gasteiger partial charge on any atom is -0.475 e. The highest BCUT2D eigenvalue weighted by atomic mass is 32.1. The topological polar surface area (TPSA) is 109 Å². The fourth-order valence-corrected chi connectivity index (χ4v) is 4.28. The number of benzene rings is 2. The number of carboxylic acids is 1. The zero-order chi connectivity index (χ0) is 28.7. The number of fused-ring (bicyclic) bond motifs is 1. The number of hydrogen-bond donors (Lipinski definition) is 3. The highest BCUT2D eigenvalue weighted by molar-refractivity contribution is 7.18. The predicted octanol–water partition coefficient (Wildman–Crippen LogP) is 5.77. The number of alkyl halides is 3. The maximum Gasteiger partial charge on any atom is 0.490 e. The van der Waals surface area contributed by atoms with E-state index in [1.807, 2.05) is 47.0 Å². The molecule has 0 aliphatic rings. The Balaban J connectivity index is 0.000000470. The summed E-state index contributed by atoms with van der Waals surface area (Å²) < 4.78 is 46.7. The van der Waals surface area contributed by atoms with E-state index in [-0.39, 0.29) is 18.3 Å². The second-order valence-corrected chi connectivity index (χ2v) is 9.25. The molecule has 40 heavy (non-hydrogen) atoms. The van der Waals surface area contributed by atoms with Gasteiger partial charge >= 0.3 is 12.1 Å². The lowest BCUT2D eigenvalue weighted by atomic mass is 10.2.